The molecule has 19 heavy (non-hydrogen) atoms. The number of rotatable bonds is 3. The van der Waals surface area contributed by atoms with Crippen molar-refractivity contribution in [3.05, 3.63) is 33.0 Å². The number of fused-ring (bicyclic) bond motifs is 1. The van der Waals surface area contributed by atoms with E-state index in [1.165, 1.54) is 22.4 Å². The number of carbonyl (C=O) groups is 1. The van der Waals surface area contributed by atoms with Crippen molar-refractivity contribution in [1.82, 2.24) is 10.6 Å². The molecule has 104 valence electrons. The molecule has 0 aromatic carbocycles. The molecule has 0 atom stereocenters. The minimum Gasteiger partial charge on any atom is -0.348 e. The lowest BCUT2D eigenvalue weighted by Crippen LogP contribution is -2.29. The van der Waals surface area contributed by atoms with Crippen LogP contribution in [0.2, 0.25) is 0 Å². The standard InChI is InChI=1S/C14H18N2OS.ClH/c17-14(16-9-10-4-6-15-7-5-10)13-8-11-2-1-3-12(11)18-13;/h4,8,15H,1-3,5-7,9H2,(H,16,17);1H. The average molecular weight is 299 g/mol. The van der Waals surface area contributed by atoms with Crippen LogP contribution in [0.15, 0.2) is 17.7 Å². The maximum Gasteiger partial charge on any atom is 0.261 e. The van der Waals surface area contributed by atoms with E-state index in [-0.39, 0.29) is 18.3 Å². The highest BCUT2D eigenvalue weighted by atomic mass is 35.5. The smallest absolute Gasteiger partial charge is 0.261 e. The Morgan fingerprint density at radius 2 is 2.26 bits per heavy atom. The van der Waals surface area contributed by atoms with Gasteiger partial charge >= 0.3 is 0 Å². The molecule has 0 fully saturated rings. The molecule has 0 spiro atoms. The molecular weight excluding hydrogens is 280 g/mol. The summed E-state index contributed by atoms with van der Waals surface area (Å²) in [5, 5.41) is 6.31. The number of nitrogens with one attached hydrogen (secondary N) is 2. The van der Waals surface area contributed by atoms with Gasteiger partial charge in [0.25, 0.3) is 5.91 Å². The van der Waals surface area contributed by atoms with E-state index in [2.05, 4.69) is 22.8 Å². The van der Waals surface area contributed by atoms with Crippen LogP contribution in [0.25, 0.3) is 0 Å². The number of thiophene rings is 1. The second-order valence-corrected chi connectivity index (χ2v) is 6.05. The predicted molar refractivity (Wildman–Crippen MR) is 81.5 cm³/mol. The van der Waals surface area contributed by atoms with Gasteiger partial charge in [0, 0.05) is 18.0 Å². The van der Waals surface area contributed by atoms with Gasteiger partial charge in [-0.15, -0.1) is 23.7 Å². The van der Waals surface area contributed by atoms with E-state index in [1.54, 1.807) is 11.3 Å². The molecule has 0 unspecified atom stereocenters. The van der Waals surface area contributed by atoms with Crippen LogP contribution < -0.4 is 10.6 Å². The van der Waals surface area contributed by atoms with E-state index < -0.39 is 0 Å². The zero-order valence-corrected chi connectivity index (χ0v) is 12.5. The number of halogens is 1. The fourth-order valence-electron chi connectivity index (χ4n) is 2.55. The monoisotopic (exact) mass is 298 g/mol. The summed E-state index contributed by atoms with van der Waals surface area (Å²) >= 11 is 1.67. The summed E-state index contributed by atoms with van der Waals surface area (Å²) in [5.41, 5.74) is 2.73. The van der Waals surface area contributed by atoms with Gasteiger partial charge < -0.3 is 10.6 Å². The Bertz CT molecular complexity index is 474. The molecule has 1 amide bonds. The largest absolute Gasteiger partial charge is 0.348 e. The van der Waals surface area contributed by atoms with Crippen LogP contribution in [0.1, 0.15) is 33.0 Å². The summed E-state index contributed by atoms with van der Waals surface area (Å²) in [4.78, 5) is 14.4. The van der Waals surface area contributed by atoms with Crippen LogP contribution in [0, 0.1) is 0 Å². The summed E-state index contributed by atoms with van der Waals surface area (Å²) in [5.74, 6) is 0.0915. The van der Waals surface area contributed by atoms with Crippen LogP contribution >= 0.6 is 23.7 Å². The third kappa shape index (κ3) is 3.38. The number of aryl methyl sites for hydroxylation is 2. The quantitative estimate of drug-likeness (QED) is 0.841. The third-order valence-corrected chi connectivity index (χ3v) is 4.84. The Morgan fingerprint density at radius 1 is 1.37 bits per heavy atom. The van der Waals surface area contributed by atoms with Gasteiger partial charge in [-0.2, -0.15) is 0 Å². The SMILES string of the molecule is Cl.O=C(NCC1=CCNCC1)c1cc2c(s1)CCC2. The Hall–Kier alpha value is -0.840. The van der Waals surface area contributed by atoms with Crippen LogP contribution in [0.4, 0.5) is 0 Å². The molecule has 5 heteroatoms. The molecule has 3 nitrogen and oxygen atoms in total. The molecule has 1 aromatic rings. The molecule has 1 aromatic heterocycles. The topological polar surface area (TPSA) is 41.1 Å². The average Bonchev–Trinajstić information content (AvgIpc) is 2.98. The zero-order chi connectivity index (χ0) is 12.4. The first-order valence-electron chi connectivity index (χ1n) is 6.61. The number of carbonyl (C=O) groups excluding carboxylic acids is 1. The molecular formula is C14H19ClN2OS. The van der Waals surface area contributed by atoms with Crippen LogP contribution in [-0.2, 0) is 12.8 Å². The Balaban J connectivity index is 0.00000133. The highest BCUT2D eigenvalue weighted by Crippen LogP contribution is 2.30. The second-order valence-electron chi connectivity index (χ2n) is 4.91. The highest BCUT2D eigenvalue weighted by molar-refractivity contribution is 7.14. The first-order valence-corrected chi connectivity index (χ1v) is 7.43. The lowest BCUT2D eigenvalue weighted by atomic mass is 10.1. The Kier molecular flexibility index (Phi) is 5.02. The molecule has 2 heterocycles. The predicted octanol–water partition coefficient (Wildman–Crippen LogP) is 2.31. The minimum atomic E-state index is 0. The highest BCUT2D eigenvalue weighted by Gasteiger charge is 2.18. The normalized spacial score (nSPS) is 17.4. The Morgan fingerprint density at radius 3 is 3.00 bits per heavy atom. The first-order chi connectivity index (χ1) is 8.83. The fourth-order valence-corrected chi connectivity index (χ4v) is 3.72. The van der Waals surface area contributed by atoms with Crippen molar-refractivity contribution < 1.29 is 4.79 Å². The summed E-state index contributed by atoms with van der Waals surface area (Å²) < 4.78 is 0. The fraction of sp³-hybridized carbons (Fsp3) is 0.500. The summed E-state index contributed by atoms with van der Waals surface area (Å²) in [7, 11) is 0. The maximum atomic E-state index is 12.0. The minimum absolute atomic E-state index is 0. The van der Waals surface area contributed by atoms with Crippen molar-refractivity contribution in [2.45, 2.75) is 25.7 Å². The lowest BCUT2D eigenvalue weighted by molar-refractivity contribution is 0.0960. The summed E-state index contributed by atoms with van der Waals surface area (Å²) in [6, 6.07) is 2.08. The van der Waals surface area contributed by atoms with E-state index in [0.717, 1.165) is 37.2 Å². The molecule has 3 rings (SSSR count). The zero-order valence-electron chi connectivity index (χ0n) is 10.8. The van der Waals surface area contributed by atoms with Crippen molar-refractivity contribution in [3.8, 4) is 0 Å². The molecule has 0 radical (unpaired) electrons. The van der Waals surface area contributed by atoms with E-state index in [9.17, 15) is 4.79 Å². The molecule has 0 saturated carbocycles. The van der Waals surface area contributed by atoms with Gasteiger partial charge in [-0.25, -0.2) is 0 Å². The number of hydrogen-bond acceptors (Lipinski definition) is 3. The van der Waals surface area contributed by atoms with Crippen LogP contribution in [0.5, 0.6) is 0 Å². The number of amides is 1. The van der Waals surface area contributed by atoms with Crippen molar-refractivity contribution in [2.75, 3.05) is 19.6 Å². The molecule has 0 bridgehead atoms. The van der Waals surface area contributed by atoms with Crippen LogP contribution in [0.3, 0.4) is 0 Å². The van der Waals surface area contributed by atoms with Gasteiger partial charge in [0.05, 0.1) is 4.88 Å². The van der Waals surface area contributed by atoms with Gasteiger partial charge in [-0.1, -0.05) is 11.6 Å². The van der Waals surface area contributed by atoms with Crippen LogP contribution in [-0.4, -0.2) is 25.5 Å². The van der Waals surface area contributed by atoms with E-state index in [4.69, 9.17) is 0 Å². The molecule has 2 N–H and O–H groups in total. The first kappa shape index (κ1) is 14.6. The van der Waals surface area contributed by atoms with Crippen molar-refractivity contribution in [3.63, 3.8) is 0 Å². The maximum absolute atomic E-state index is 12.0. The molecule has 1 aliphatic carbocycles. The summed E-state index contributed by atoms with van der Waals surface area (Å²) in [6.07, 6.45) is 6.78. The third-order valence-electron chi connectivity index (χ3n) is 3.60. The Labute approximate surface area is 123 Å². The lowest BCUT2D eigenvalue weighted by Gasteiger charge is -2.14. The van der Waals surface area contributed by atoms with Crippen molar-refractivity contribution >= 4 is 29.7 Å². The molecule has 0 saturated heterocycles. The van der Waals surface area contributed by atoms with Crippen molar-refractivity contribution in [1.29, 1.82) is 0 Å². The summed E-state index contributed by atoms with van der Waals surface area (Å²) in [6.45, 7) is 2.65. The van der Waals surface area contributed by atoms with E-state index in [1.807, 2.05) is 0 Å². The van der Waals surface area contributed by atoms with Gasteiger partial charge in [0.15, 0.2) is 0 Å². The second kappa shape index (κ2) is 6.55. The van der Waals surface area contributed by atoms with Crippen molar-refractivity contribution in [2.24, 2.45) is 0 Å². The van der Waals surface area contributed by atoms with Gasteiger partial charge in [0.2, 0.25) is 0 Å². The van der Waals surface area contributed by atoms with Gasteiger partial charge in [0.1, 0.15) is 0 Å². The van der Waals surface area contributed by atoms with E-state index in [0.29, 0.717) is 6.54 Å². The van der Waals surface area contributed by atoms with Gasteiger partial charge in [-0.05, 0) is 43.9 Å². The molecule has 2 aliphatic rings. The number of hydrogen-bond donors (Lipinski definition) is 2. The van der Waals surface area contributed by atoms with E-state index >= 15 is 0 Å². The van der Waals surface area contributed by atoms with Gasteiger partial charge in [-0.3, -0.25) is 4.79 Å². The molecule has 1 aliphatic heterocycles.